The van der Waals surface area contributed by atoms with Gasteiger partial charge in [-0.3, -0.25) is 5.32 Å². The van der Waals surface area contributed by atoms with E-state index in [1.54, 1.807) is 0 Å². The molecule has 0 aromatic heterocycles. The molecule has 0 saturated carbocycles. The largest absolute Gasteiger partial charge is 0.299 e. The molecule has 0 spiro atoms. The zero-order valence-electron chi connectivity index (χ0n) is 5.78. The minimum Gasteiger partial charge on any atom is -0.299 e. The van der Waals surface area contributed by atoms with Crippen LogP contribution in [0.15, 0.2) is 0 Å². The Labute approximate surface area is 64.7 Å². The molecule has 0 amide bonds. The molecule has 1 aliphatic rings. The normalized spacial score (nSPS) is 35.2. The summed E-state index contributed by atoms with van der Waals surface area (Å²) in [5.41, 5.74) is 0. The number of hydrogen-bond donors (Lipinski definition) is 1. The van der Waals surface area contributed by atoms with Gasteiger partial charge < -0.3 is 0 Å². The SMILES string of the molecule is N#CC1CNC(C#N)C1C#N. The van der Waals surface area contributed by atoms with Gasteiger partial charge in [-0.15, -0.1) is 0 Å². The van der Waals surface area contributed by atoms with E-state index in [0.29, 0.717) is 6.54 Å². The van der Waals surface area contributed by atoms with Gasteiger partial charge in [0.2, 0.25) is 0 Å². The zero-order valence-corrected chi connectivity index (χ0v) is 5.78. The van der Waals surface area contributed by atoms with Crippen LogP contribution in [0.3, 0.4) is 0 Å². The van der Waals surface area contributed by atoms with E-state index in [4.69, 9.17) is 15.8 Å². The molecular weight excluding hydrogens is 140 g/mol. The fourth-order valence-electron chi connectivity index (χ4n) is 1.16. The number of rotatable bonds is 0. The Hall–Kier alpha value is -1.57. The molecule has 54 valence electrons. The molecule has 1 aliphatic heterocycles. The molecule has 0 aromatic carbocycles. The molecule has 4 nitrogen and oxygen atoms in total. The lowest BCUT2D eigenvalue weighted by Gasteiger charge is -2.03. The van der Waals surface area contributed by atoms with Crippen LogP contribution >= 0.6 is 0 Å². The molecule has 0 bridgehead atoms. The van der Waals surface area contributed by atoms with Gasteiger partial charge >= 0.3 is 0 Å². The van der Waals surface area contributed by atoms with Crippen LogP contribution in [0.4, 0.5) is 0 Å². The van der Waals surface area contributed by atoms with E-state index in [0.717, 1.165) is 0 Å². The van der Waals surface area contributed by atoms with Crippen molar-refractivity contribution in [2.45, 2.75) is 6.04 Å². The zero-order chi connectivity index (χ0) is 8.27. The number of nitrogens with one attached hydrogen (secondary N) is 1. The fraction of sp³-hybridized carbons (Fsp3) is 0.571. The van der Waals surface area contributed by atoms with Crippen LogP contribution in [0.1, 0.15) is 0 Å². The van der Waals surface area contributed by atoms with E-state index >= 15 is 0 Å². The topological polar surface area (TPSA) is 83.4 Å². The minimum absolute atomic E-state index is 0.329. The lowest BCUT2D eigenvalue weighted by molar-refractivity contribution is 0.579. The summed E-state index contributed by atoms with van der Waals surface area (Å²) in [7, 11) is 0. The van der Waals surface area contributed by atoms with Crippen LogP contribution in [0.5, 0.6) is 0 Å². The van der Waals surface area contributed by atoms with Gasteiger partial charge in [-0.05, 0) is 0 Å². The third-order valence-electron chi connectivity index (χ3n) is 1.80. The Morgan fingerprint density at radius 3 is 2.27 bits per heavy atom. The van der Waals surface area contributed by atoms with Gasteiger partial charge in [-0.2, -0.15) is 15.8 Å². The minimum atomic E-state index is -0.468. The lowest BCUT2D eigenvalue weighted by Crippen LogP contribution is -2.24. The highest BCUT2D eigenvalue weighted by atomic mass is 15.0. The second kappa shape index (κ2) is 3.01. The highest BCUT2D eigenvalue weighted by Gasteiger charge is 2.35. The maximum absolute atomic E-state index is 8.58. The van der Waals surface area contributed by atoms with Crippen molar-refractivity contribution in [1.82, 2.24) is 5.32 Å². The first-order chi connectivity index (χ1) is 5.33. The highest BCUT2D eigenvalue weighted by Crippen LogP contribution is 2.20. The Bertz CT molecular complexity index is 242. The van der Waals surface area contributed by atoms with Crippen molar-refractivity contribution in [3.8, 4) is 18.2 Å². The molecule has 0 radical (unpaired) electrons. The third kappa shape index (κ3) is 1.15. The number of nitriles is 3. The average molecular weight is 146 g/mol. The first-order valence-corrected chi connectivity index (χ1v) is 3.25. The molecule has 4 heteroatoms. The Balaban J connectivity index is 2.76. The molecular formula is C7H6N4. The van der Waals surface area contributed by atoms with Crippen molar-refractivity contribution in [2.24, 2.45) is 11.8 Å². The quantitative estimate of drug-likeness (QED) is 0.511. The molecule has 1 fully saturated rings. The van der Waals surface area contributed by atoms with Gasteiger partial charge in [0, 0.05) is 6.54 Å². The van der Waals surface area contributed by atoms with Crippen molar-refractivity contribution in [3.05, 3.63) is 0 Å². The molecule has 1 heterocycles. The van der Waals surface area contributed by atoms with Crippen LogP contribution in [-0.2, 0) is 0 Å². The van der Waals surface area contributed by atoms with Crippen molar-refractivity contribution < 1.29 is 0 Å². The standard InChI is InChI=1S/C7H6N4/c8-1-5-4-11-7(3-10)6(5)2-9/h5-7,11H,4H2. The summed E-state index contributed by atoms with van der Waals surface area (Å²) in [6, 6.07) is 5.43. The van der Waals surface area contributed by atoms with Crippen LogP contribution in [0.25, 0.3) is 0 Å². The van der Waals surface area contributed by atoms with Crippen LogP contribution in [0, 0.1) is 45.8 Å². The fourth-order valence-corrected chi connectivity index (χ4v) is 1.16. The smallest absolute Gasteiger partial charge is 0.113 e. The molecule has 0 aromatic rings. The average Bonchev–Trinajstić information content (AvgIpc) is 2.45. The summed E-state index contributed by atoms with van der Waals surface area (Å²) in [4.78, 5) is 0. The van der Waals surface area contributed by atoms with Crippen molar-refractivity contribution in [2.75, 3.05) is 6.54 Å². The Morgan fingerprint density at radius 2 is 1.82 bits per heavy atom. The summed E-state index contributed by atoms with van der Waals surface area (Å²) in [5, 5.41) is 28.4. The van der Waals surface area contributed by atoms with Crippen LogP contribution in [0.2, 0.25) is 0 Å². The first kappa shape index (κ1) is 7.54. The Morgan fingerprint density at radius 1 is 1.09 bits per heavy atom. The summed E-state index contributed by atoms with van der Waals surface area (Å²) < 4.78 is 0. The summed E-state index contributed by atoms with van der Waals surface area (Å²) >= 11 is 0. The van der Waals surface area contributed by atoms with Gasteiger partial charge in [0.15, 0.2) is 0 Å². The summed E-state index contributed by atoms with van der Waals surface area (Å²) in [6.45, 7) is 0.451. The van der Waals surface area contributed by atoms with Crippen molar-refractivity contribution >= 4 is 0 Å². The molecule has 0 aliphatic carbocycles. The summed E-state index contributed by atoms with van der Waals surface area (Å²) in [5.74, 6) is -0.797. The van der Waals surface area contributed by atoms with Crippen molar-refractivity contribution in [1.29, 1.82) is 15.8 Å². The Kier molecular flexibility index (Phi) is 2.06. The predicted molar refractivity (Wildman–Crippen MR) is 35.6 cm³/mol. The molecule has 3 atom stereocenters. The second-order valence-electron chi connectivity index (χ2n) is 2.41. The van der Waals surface area contributed by atoms with E-state index in [1.807, 2.05) is 18.2 Å². The number of nitrogens with zero attached hydrogens (tertiary/aromatic N) is 3. The number of hydrogen-bond acceptors (Lipinski definition) is 4. The molecule has 3 unspecified atom stereocenters. The second-order valence-corrected chi connectivity index (χ2v) is 2.41. The van der Waals surface area contributed by atoms with E-state index in [1.165, 1.54) is 0 Å². The van der Waals surface area contributed by atoms with E-state index in [9.17, 15) is 0 Å². The monoisotopic (exact) mass is 146 g/mol. The van der Waals surface area contributed by atoms with Crippen LogP contribution in [-0.4, -0.2) is 12.6 Å². The van der Waals surface area contributed by atoms with E-state index in [2.05, 4.69) is 5.32 Å². The van der Waals surface area contributed by atoms with Gasteiger partial charge in [0.05, 0.1) is 30.0 Å². The van der Waals surface area contributed by atoms with Gasteiger partial charge in [0.25, 0.3) is 0 Å². The molecule has 1 N–H and O–H groups in total. The van der Waals surface area contributed by atoms with Gasteiger partial charge in [-0.1, -0.05) is 0 Å². The van der Waals surface area contributed by atoms with Crippen LogP contribution < -0.4 is 5.32 Å². The maximum Gasteiger partial charge on any atom is 0.113 e. The maximum atomic E-state index is 8.58. The highest BCUT2D eigenvalue weighted by molar-refractivity contribution is 5.15. The lowest BCUT2D eigenvalue weighted by atomic mass is 9.94. The van der Waals surface area contributed by atoms with Gasteiger partial charge in [-0.25, -0.2) is 0 Å². The van der Waals surface area contributed by atoms with E-state index < -0.39 is 12.0 Å². The first-order valence-electron chi connectivity index (χ1n) is 3.25. The molecule has 1 rings (SSSR count). The van der Waals surface area contributed by atoms with Gasteiger partial charge in [0.1, 0.15) is 6.04 Å². The third-order valence-corrected chi connectivity index (χ3v) is 1.80. The van der Waals surface area contributed by atoms with Crippen molar-refractivity contribution in [3.63, 3.8) is 0 Å². The summed E-state index contributed by atoms with van der Waals surface area (Å²) in [6.07, 6.45) is 0. The molecule has 1 saturated heterocycles. The predicted octanol–water partition coefficient (Wildman–Crippen LogP) is -0.239. The molecule has 11 heavy (non-hydrogen) atoms. The van der Waals surface area contributed by atoms with E-state index in [-0.39, 0.29) is 5.92 Å².